The van der Waals surface area contributed by atoms with Gasteiger partial charge in [0, 0.05) is 9.11 Å². The molecule has 1 rings (SSSR count). The molecule has 0 fully saturated rings. The van der Waals surface area contributed by atoms with Crippen molar-refractivity contribution in [2.24, 2.45) is 0 Å². The molecular formula is C11H14Cl2INO2S. The van der Waals surface area contributed by atoms with Gasteiger partial charge >= 0.3 is 0 Å². The molecule has 0 radical (unpaired) electrons. The van der Waals surface area contributed by atoms with E-state index in [1.807, 2.05) is 0 Å². The summed E-state index contributed by atoms with van der Waals surface area (Å²) in [7, 11) is -3.74. The van der Waals surface area contributed by atoms with Crippen LogP contribution in [0.4, 0.5) is 0 Å². The molecule has 0 bridgehead atoms. The molecule has 3 nitrogen and oxygen atoms in total. The fourth-order valence-corrected chi connectivity index (χ4v) is 4.97. The van der Waals surface area contributed by atoms with Gasteiger partial charge < -0.3 is 0 Å². The van der Waals surface area contributed by atoms with E-state index in [-0.39, 0.29) is 14.9 Å². The van der Waals surface area contributed by atoms with Gasteiger partial charge in [0.15, 0.2) is 0 Å². The Bertz CT molecular complexity index is 580. The molecule has 7 heteroatoms. The average Bonchev–Trinajstić information content (AvgIpc) is 2.09. The number of halogens is 3. The Morgan fingerprint density at radius 1 is 1.28 bits per heavy atom. The van der Waals surface area contributed by atoms with Crippen molar-refractivity contribution >= 4 is 55.8 Å². The van der Waals surface area contributed by atoms with Crippen molar-refractivity contribution in [3.8, 4) is 0 Å². The Labute approximate surface area is 131 Å². The van der Waals surface area contributed by atoms with E-state index in [1.54, 1.807) is 33.8 Å². The Balaban J connectivity index is 3.48. The molecule has 0 unspecified atom stereocenters. The molecule has 0 aliphatic carbocycles. The van der Waals surface area contributed by atoms with E-state index in [9.17, 15) is 8.42 Å². The summed E-state index contributed by atoms with van der Waals surface area (Å²) in [5.41, 5.74) is 0.110. The van der Waals surface area contributed by atoms with Crippen LogP contribution in [-0.4, -0.2) is 14.0 Å². The van der Waals surface area contributed by atoms with Gasteiger partial charge in [-0.2, -0.15) is 0 Å². The third-order valence-corrected chi connectivity index (χ3v) is 6.02. The SMILES string of the molecule is Cc1c(I)cc(Cl)c(S(=O)(=O)NC(C)(C)C)c1Cl. The molecule has 0 atom stereocenters. The summed E-state index contributed by atoms with van der Waals surface area (Å²) < 4.78 is 27.9. The van der Waals surface area contributed by atoms with Crippen molar-refractivity contribution in [2.75, 3.05) is 0 Å². The summed E-state index contributed by atoms with van der Waals surface area (Å²) in [5, 5.41) is 0.301. The van der Waals surface area contributed by atoms with Crippen LogP contribution in [0.15, 0.2) is 11.0 Å². The Morgan fingerprint density at radius 3 is 2.22 bits per heavy atom. The van der Waals surface area contributed by atoms with Crippen molar-refractivity contribution in [1.29, 1.82) is 0 Å². The van der Waals surface area contributed by atoms with Crippen LogP contribution < -0.4 is 4.72 Å². The van der Waals surface area contributed by atoms with E-state index >= 15 is 0 Å². The van der Waals surface area contributed by atoms with Gasteiger partial charge in [-0.1, -0.05) is 23.2 Å². The van der Waals surface area contributed by atoms with Gasteiger partial charge in [0.1, 0.15) is 4.90 Å². The highest BCUT2D eigenvalue weighted by Gasteiger charge is 2.28. The second-order valence-electron chi connectivity index (χ2n) is 4.96. The molecule has 0 spiro atoms. The monoisotopic (exact) mass is 421 g/mol. The predicted octanol–water partition coefficient (Wildman–Crippen LogP) is 3.98. The largest absolute Gasteiger partial charge is 0.244 e. The smallest absolute Gasteiger partial charge is 0.207 e. The maximum absolute atomic E-state index is 12.3. The van der Waals surface area contributed by atoms with Gasteiger partial charge in [-0.25, -0.2) is 13.1 Å². The topological polar surface area (TPSA) is 46.2 Å². The van der Waals surface area contributed by atoms with Gasteiger partial charge in [0.05, 0.1) is 10.0 Å². The molecule has 1 aromatic rings. The zero-order chi connectivity index (χ0) is 14.3. The molecule has 0 saturated carbocycles. The van der Waals surface area contributed by atoms with Crippen molar-refractivity contribution in [3.05, 3.63) is 25.2 Å². The molecule has 102 valence electrons. The summed E-state index contributed by atoms with van der Waals surface area (Å²) in [6.07, 6.45) is 0. The highest BCUT2D eigenvalue weighted by atomic mass is 127. The number of nitrogens with one attached hydrogen (secondary N) is 1. The molecule has 0 amide bonds. The quantitative estimate of drug-likeness (QED) is 0.734. The minimum Gasteiger partial charge on any atom is -0.207 e. The molecular weight excluding hydrogens is 408 g/mol. The third-order valence-electron chi connectivity index (χ3n) is 2.07. The van der Waals surface area contributed by atoms with Gasteiger partial charge in [0.2, 0.25) is 10.0 Å². The van der Waals surface area contributed by atoms with Crippen LogP contribution in [0.3, 0.4) is 0 Å². The Kier molecular flexibility index (Phi) is 4.98. The third kappa shape index (κ3) is 3.72. The van der Waals surface area contributed by atoms with E-state index in [4.69, 9.17) is 23.2 Å². The minimum atomic E-state index is -3.74. The molecule has 0 aromatic heterocycles. The van der Waals surface area contributed by atoms with Gasteiger partial charge in [-0.05, 0) is 61.9 Å². The predicted molar refractivity (Wildman–Crippen MR) is 84.0 cm³/mol. The first-order valence-corrected chi connectivity index (χ1v) is 8.45. The number of hydrogen-bond acceptors (Lipinski definition) is 2. The highest BCUT2D eigenvalue weighted by Crippen LogP contribution is 2.35. The zero-order valence-corrected chi connectivity index (χ0v) is 14.9. The number of sulfonamides is 1. The van der Waals surface area contributed by atoms with Gasteiger partial charge in [-0.3, -0.25) is 0 Å². The van der Waals surface area contributed by atoms with Gasteiger partial charge in [-0.15, -0.1) is 0 Å². The van der Waals surface area contributed by atoms with Crippen LogP contribution in [0.5, 0.6) is 0 Å². The van der Waals surface area contributed by atoms with Crippen LogP contribution in [-0.2, 0) is 10.0 Å². The first kappa shape index (κ1) is 16.5. The summed E-state index contributed by atoms with van der Waals surface area (Å²) >= 11 is 14.2. The van der Waals surface area contributed by atoms with Crippen LogP contribution in [0.25, 0.3) is 0 Å². The fourth-order valence-electron chi connectivity index (χ4n) is 1.37. The lowest BCUT2D eigenvalue weighted by atomic mass is 10.1. The van der Waals surface area contributed by atoms with Crippen molar-refractivity contribution < 1.29 is 8.42 Å². The minimum absolute atomic E-state index is 0.0568. The fraction of sp³-hybridized carbons (Fsp3) is 0.455. The van der Waals surface area contributed by atoms with E-state index < -0.39 is 15.6 Å². The standard InChI is InChI=1S/C11H14Cl2INO2S/c1-6-8(14)5-7(12)10(9(6)13)18(16,17)15-11(2,3)4/h5,15H,1-4H3. The maximum Gasteiger partial charge on any atom is 0.244 e. The molecule has 1 aromatic carbocycles. The summed E-state index contributed by atoms with van der Waals surface area (Å²) in [6.45, 7) is 7.03. The number of benzene rings is 1. The van der Waals surface area contributed by atoms with Crippen LogP contribution in [0.1, 0.15) is 26.3 Å². The molecule has 1 N–H and O–H groups in total. The second kappa shape index (κ2) is 5.44. The summed E-state index contributed by atoms with van der Waals surface area (Å²) in [5.74, 6) is 0. The summed E-state index contributed by atoms with van der Waals surface area (Å²) in [6, 6.07) is 1.60. The first-order valence-electron chi connectivity index (χ1n) is 5.14. The highest BCUT2D eigenvalue weighted by molar-refractivity contribution is 14.1. The molecule has 0 saturated heterocycles. The lowest BCUT2D eigenvalue weighted by Gasteiger charge is -2.22. The van der Waals surface area contributed by atoms with Crippen LogP contribution in [0.2, 0.25) is 10.0 Å². The molecule has 18 heavy (non-hydrogen) atoms. The molecule has 0 aliphatic heterocycles. The maximum atomic E-state index is 12.3. The molecule has 0 aliphatic rings. The molecule has 0 heterocycles. The lowest BCUT2D eigenvalue weighted by Crippen LogP contribution is -2.40. The Hall–Kier alpha value is 0.440. The van der Waals surface area contributed by atoms with Crippen molar-refractivity contribution in [2.45, 2.75) is 38.1 Å². The normalized spacial score (nSPS) is 12.8. The van der Waals surface area contributed by atoms with Crippen LogP contribution in [0, 0.1) is 10.5 Å². The van der Waals surface area contributed by atoms with E-state index in [0.29, 0.717) is 5.56 Å². The van der Waals surface area contributed by atoms with E-state index in [2.05, 4.69) is 27.3 Å². The second-order valence-corrected chi connectivity index (χ2v) is 8.53. The summed E-state index contributed by atoms with van der Waals surface area (Å²) in [4.78, 5) is -0.0568. The number of rotatable bonds is 2. The van der Waals surface area contributed by atoms with E-state index in [0.717, 1.165) is 3.57 Å². The van der Waals surface area contributed by atoms with Crippen molar-refractivity contribution in [3.63, 3.8) is 0 Å². The van der Waals surface area contributed by atoms with Gasteiger partial charge in [0.25, 0.3) is 0 Å². The first-order chi connectivity index (χ1) is 7.96. The lowest BCUT2D eigenvalue weighted by molar-refractivity contribution is 0.491. The number of hydrogen-bond donors (Lipinski definition) is 1. The average molecular weight is 422 g/mol. The van der Waals surface area contributed by atoms with E-state index in [1.165, 1.54) is 0 Å². The van der Waals surface area contributed by atoms with Crippen LogP contribution >= 0.6 is 45.8 Å². The zero-order valence-electron chi connectivity index (χ0n) is 10.4. The Morgan fingerprint density at radius 2 is 1.78 bits per heavy atom. The van der Waals surface area contributed by atoms with Crippen molar-refractivity contribution in [1.82, 2.24) is 4.72 Å².